The van der Waals surface area contributed by atoms with Crippen LogP contribution >= 0.6 is 11.3 Å². The van der Waals surface area contributed by atoms with Crippen molar-refractivity contribution >= 4 is 17.3 Å². The van der Waals surface area contributed by atoms with Crippen LogP contribution in [0.1, 0.15) is 22.7 Å². The van der Waals surface area contributed by atoms with E-state index in [0.29, 0.717) is 11.8 Å². The molecule has 0 bridgehead atoms. The standard InChI is InChI=1S/C12H15N3OS/c1-8-4-5-10(17-8)9(2)14-12-13-7-6-11(15-12)16-3/h4-7,9H,1-3H3,(H,13,14,15). The van der Waals surface area contributed by atoms with Gasteiger partial charge in [-0.1, -0.05) is 0 Å². The Hall–Kier alpha value is -1.62. The van der Waals surface area contributed by atoms with Crippen molar-refractivity contribution in [3.63, 3.8) is 0 Å². The van der Waals surface area contributed by atoms with E-state index in [9.17, 15) is 0 Å². The van der Waals surface area contributed by atoms with Crippen LogP contribution < -0.4 is 10.1 Å². The first-order valence-corrected chi connectivity index (χ1v) is 6.20. The number of nitrogens with zero attached hydrogens (tertiary/aromatic N) is 2. The number of ether oxygens (including phenoxy) is 1. The molecule has 0 spiro atoms. The molecular weight excluding hydrogens is 234 g/mol. The van der Waals surface area contributed by atoms with E-state index in [4.69, 9.17) is 4.74 Å². The fourth-order valence-corrected chi connectivity index (χ4v) is 2.36. The van der Waals surface area contributed by atoms with Crippen LogP contribution in [0.4, 0.5) is 5.95 Å². The fourth-order valence-electron chi connectivity index (χ4n) is 1.48. The van der Waals surface area contributed by atoms with Crippen molar-refractivity contribution < 1.29 is 4.74 Å². The van der Waals surface area contributed by atoms with E-state index in [-0.39, 0.29) is 6.04 Å². The number of methoxy groups -OCH3 is 1. The van der Waals surface area contributed by atoms with E-state index in [2.05, 4.69) is 41.3 Å². The summed E-state index contributed by atoms with van der Waals surface area (Å²) in [6.07, 6.45) is 1.68. The van der Waals surface area contributed by atoms with Gasteiger partial charge in [0.1, 0.15) is 0 Å². The van der Waals surface area contributed by atoms with Crippen LogP contribution in [0.2, 0.25) is 0 Å². The maximum absolute atomic E-state index is 5.06. The zero-order valence-electron chi connectivity index (χ0n) is 10.1. The molecule has 90 valence electrons. The second kappa shape index (κ2) is 5.14. The summed E-state index contributed by atoms with van der Waals surface area (Å²) in [5, 5.41) is 3.25. The van der Waals surface area contributed by atoms with E-state index in [0.717, 1.165) is 0 Å². The molecule has 5 heteroatoms. The van der Waals surface area contributed by atoms with Crippen LogP contribution in [-0.4, -0.2) is 17.1 Å². The molecule has 2 heterocycles. The van der Waals surface area contributed by atoms with Crippen molar-refractivity contribution in [1.29, 1.82) is 0 Å². The van der Waals surface area contributed by atoms with Gasteiger partial charge in [0, 0.05) is 22.0 Å². The van der Waals surface area contributed by atoms with Gasteiger partial charge in [0.15, 0.2) is 0 Å². The molecule has 1 N–H and O–H groups in total. The number of aryl methyl sites for hydroxylation is 1. The number of aromatic nitrogens is 2. The summed E-state index contributed by atoms with van der Waals surface area (Å²) >= 11 is 1.78. The highest BCUT2D eigenvalue weighted by Crippen LogP contribution is 2.24. The van der Waals surface area contributed by atoms with Gasteiger partial charge in [0.2, 0.25) is 11.8 Å². The lowest BCUT2D eigenvalue weighted by Gasteiger charge is -2.12. The summed E-state index contributed by atoms with van der Waals surface area (Å²) in [5.41, 5.74) is 0. The second-order valence-corrected chi connectivity index (χ2v) is 5.06. The second-order valence-electron chi connectivity index (χ2n) is 3.74. The molecule has 17 heavy (non-hydrogen) atoms. The van der Waals surface area contributed by atoms with Crippen LogP contribution in [0, 0.1) is 6.92 Å². The molecule has 0 fully saturated rings. The fraction of sp³-hybridized carbons (Fsp3) is 0.333. The molecule has 2 rings (SSSR count). The maximum atomic E-state index is 5.06. The summed E-state index contributed by atoms with van der Waals surface area (Å²) in [6, 6.07) is 6.16. The summed E-state index contributed by atoms with van der Waals surface area (Å²) in [7, 11) is 1.60. The largest absolute Gasteiger partial charge is 0.481 e. The van der Waals surface area contributed by atoms with Gasteiger partial charge in [0.05, 0.1) is 13.2 Å². The third-order valence-electron chi connectivity index (χ3n) is 2.37. The monoisotopic (exact) mass is 249 g/mol. The Bertz CT molecular complexity index is 498. The minimum absolute atomic E-state index is 0.195. The molecule has 0 aliphatic carbocycles. The van der Waals surface area contributed by atoms with Crippen LogP contribution in [0.15, 0.2) is 24.4 Å². The first-order chi connectivity index (χ1) is 8.19. The quantitative estimate of drug-likeness (QED) is 0.904. The van der Waals surface area contributed by atoms with Crippen molar-refractivity contribution in [3.8, 4) is 5.88 Å². The van der Waals surface area contributed by atoms with Gasteiger partial charge in [-0.15, -0.1) is 11.3 Å². The van der Waals surface area contributed by atoms with Crippen molar-refractivity contribution in [2.75, 3.05) is 12.4 Å². The third kappa shape index (κ3) is 2.94. The zero-order chi connectivity index (χ0) is 12.3. The average Bonchev–Trinajstić information content (AvgIpc) is 2.76. The lowest BCUT2D eigenvalue weighted by molar-refractivity contribution is 0.397. The van der Waals surface area contributed by atoms with Crippen molar-refractivity contribution in [1.82, 2.24) is 9.97 Å². The molecule has 0 aliphatic rings. The van der Waals surface area contributed by atoms with E-state index in [1.165, 1.54) is 9.75 Å². The molecule has 0 aliphatic heterocycles. The van der Waals surface area contributed by atoms with Gasteiger partial charge >= 0.3 is 0 Å². The molecule has 0 saturated carbocycles. The molecule has 0 radical (unpaired) electrons. The van der Waals surface area contributed by atoms with Gasteiger partial charge in [-0.25, -0.2) is 4.98 Å². The Labute approximate surface area is 105 Å². The summed E-state index contributed by atoms with van der Waals surface area (Å²) < 4.78 is 5.06. The normalized spacial score (nSPS) is 12.2. The minimum Gasteiger partial charge on any atom is -0.481 e. The van der Waals surface area contributed by atoms with Gasteiger partial charge in [-0.3, -0.25) is 0 Å². The zero-order valence-corrected chi connectivity index (χ0v) is 10.9. The molecule has 0 amide bonds. The molecule has 2 aromatic rings. The Kier molecular flexibility index (Phi) is 3.58. The third-order valence-corrected chi connectivity index (χ3v) is 3.56. The van der Waals surface area contributed by atoms with Gasteiger partial charge in [0.25, 0.3) is 0 Å². The minimum atomic E-state index is 0.195. The molecule has 4 nitrogen and oxygen atoms in total. The van der Waals surface area contributed by atoms with Crippen molar-refractivity contribution in [2.45, 2.75) is 19.9 Å². The van der Waals surface area contributed by atoms with Crippen LogP contribution in [0.25, 0.3) is 0 Å². The Morgan fingerprint density at radius 1 is 1.35 bits per heavy atom. The molecular formula is C12H15N3OS. The molecule has 2 aromatic heterocycles. The highest BCUT2D eigenvalue weighted by Gasteiger charge is 2.09. The Morgan fingerprint density at radius 2 is 2.18 bits per heavy atom. The Balaban J connectivity index is 2.09. The molecule has 1 unspecified atom stereocenters. The summed E-state index contributed by atoms with van der Waals surface area (Å²) in [4.78, 5) is 11.0. The molecule has 1 atom stereocenters. The first-order valence-electron chi connectivity index (χ1n) is 5.39. The highest BCUT2D eigenvalue weighted by molar-refractivity contribution is 7.12. The van der Waals surface area contributed by atoms with E-state index >= 15 is 0 Å². The van der Waals surface area contributed by atoms with Crippen LogP contribution in [-0.2, 0) is 0 Å². The van der Waals surface area contributed by atoms with Crippen molar-refractivity contribution in [3.05, 3.63) is 34.2 Å². The maximum Gasteiger partial charge on any atom is 0.226 e. The van der Waals surface area contributed by atoms with Crippen molar-refractivity contribution in [2.24, 2.45) is 0 Å². The SMILES string of the molecule is COc1ccnc(NC(C)c2ccc(C)s2)n1. The number of hydrogen-bond donors (Lipinski definition) is 1. The number of nitrogens with one attached hydrogen (secondary N) is 1. The number of hydrogen-bond acceptors (Lipinski definition) is 5. The van der Waals surface area contributed by atoms with E-state index < -0.39 is 0 Å². The number of thiophene rings is 1. The number of rotatable bonds is 4. The lowest BCUT2D eigenvalue weighted by atomic mass is 10.3. The average molecular weight is 249 g/mol. The topological polar surface area (TPSA) is 47.0 Å². The van der Waals surface area contributed by atoms with Gasteiger partial charge < -0.3 is 10.1 Å². The lowest BCUT2D eigenvalue weighted by Crippen LogP contribution is -2.08. The van der Waals surface area contributed by atoms with Crippen LogP contribution in [0.5, 0.6) is 5.88 Å². The highest BCUT2D eigenvalue weighted by atomic mass is 32.1. The Morgan fingerprint density at radius 3 is 2.82 bits per heavy atom. The van der Waals surface area contributed by atoms with Gasteiger partial charge in [-0.05, 0) is 26.0 Å². The van der Waals surface area contributed by atoms with E-state index in [1.807, 2.05) is 0 Å². The predicted octanol–water partition coefficient (Wildman–Crippen LogP) is 3.03. The summed E-state index contributed by atoms with van der Waals surface area (Å²) in [6.45, 7) is 4.19. The van der Waals surface area contributed by atoms with Gasteiger partial charge in [-0.2, -0.15) is 4.98 Å². The predicted molar refractivity (Wildman–Crippen MR) is 69.7 cm³/mol. The molecule has 0 aromatic carbocycles. The van der Waals surface area contributed by atoms with Crippen LogP contribution in [0.3, 0.4) is 0 Å². The number of anilines is 1. The smallest absolute Gasteiger partial charge is 0.226 e. The summed E-state index contributed by atoms with van der Waals surface area (Å²) in [5.74, 6) is 1.15. The van der Waals surface area contributed by atoms with E-state index in [1.54, 1.807) is 30.7 Å². The molecule has 0 saturated heterocycles. The first kappa shape index (κ1) is 11.9.